The van der Waals surface area contributed by atoms with Crippen LogP contribution < -0.4 is 10.1 Å². The minimum Gasteiger partial charge on any atom is -0.478 e. The van der Waals surface area contributed by atoms with E-state index >= 15 is 0 Å². The number of aryl methyl sites for hydroxylation is 1. The molecule has 0 fully saturated rings. The number of ether oxygens (including phenoxy) is 1. The molecule has 1 aliphatic rings. The Hall–Kier alpha value is -2.37. The van der Waals surface area contributed by atoms with E-state index in [1.54, 1.807) is 7.05 Å². The third kappa shape index (κ3) is 1.71. The highest BCUT2D eigenvalue weighted by molar-refractivity contribution is 5.98. The molecule has 6 nitrogen and oxygen atoms in total. The van der Waals surface area contributed by atoms with Crippen LogP contribution in [0.25, 0.3) is 0 Å². The van der Waals surface area contributed by atoms with Crippen molar-refractivity contribution in [3.05, 3.63) is 36.2 Å². The molecule has 0 amide bonds. The lowest BCUT2D eigenvalue weighted by Gasteiger charge is -2.26. The Bertz CT molecular complexity index is 593. The molecule has 1 unspecified atom stereocenters. The predicted molar refractivity (Wildman–Crippen MR) is 64.7 cm³/mol. The summed E-state index contributed by atoms with van der Waals surface area (Å²) in [6, 6.07) is 7.55. The van der Waals surface area contributed by atoms with Gasteiger partial charge in [0.05, 0.1) is 18.4 Å². The van der Waals surface area contributed by atoms with Gasteiger partial charge in [-0.2, -0.15) is 0 Å². The van der Waals surface area contributed by atoms with Gasteiger partial charge in [0, 0.05) is 7.05 Å². The molecule has 2 heterocycles. The zero-order chi connectivity index (χ0) is 12.5. The lowest BCUT2D eigenvalue weighted by atomic mass is 10.1. The molecule has 92 valence electrons. The lowest BCUT2D eigenvalue weighted by Crippen LogP contribution is -2.38. The molecule has 0 radical (unpaired) electrons. The number of hydrogen-bond acceptors (Lipinski definition) is 5. The molecule has 0 aliphatic carbocycles. The number of para-hydroxylation sites is 2. The van der Waals surface area contributed by atoms with Gasteiger partial charge in [0.1, 0.15) is 11.4 Å². The van der Waals surface area contributed by atoms with Crippen molar-refractivity contribution < 1.29 is 9.53 Å². The lowest BCUT2D eigenvalue weighted by molar-refractivity contribution is 0.0791. The third-order valence-electron chi connectivity index (χ3n) is 2.89. The number of nitrogens with zero attached hydrogens (tertiary/aromatic N) is 3. The van der Waals surface area contributed by atoms with E-state index in [1.807, 2.05) is 24.3 Å². The largest absolute Gasteiger partial charge is 0.478 e. The van der Waals surface area contributed by atoms with Gasteiger partial charge < -0.3 is 10.1 Å². The maximum atomic E-state index is 12.2. The van der Waals surface area contributed by atoms with E-state index in [9.17, 15) is 4.79 Å². The zero-order valence-corrected chi connectivity index (χ0v) is 9.83. The van der Waals surface area contributed by atoms with Crippen LogP contribution in [-0.2, 0) is 7.05 Å². The highest BCUT2D eigenvalue weighted by Crippen LogP contribution is 2.28. The Morgan fingerprint density at radius 3 is 3.11 bits per heavy atom. The Labute approximate surface area is 104 Å². The number of benzene rings is 1. The average Bonchev–Trinajstić information content (AvgIpc) is 2.83. The number of anilines is 1. The molecular weight excluding hydrogens is 232 g/mol. The van der Waals surface area contributed by atoms with Crippen LogP contribution in [-0.4, -0.2) is 33.4 Å². The van der Waals surface area contributed by atoms with Gasteiger partial charge in [-0.1, -0.05) is 17.3 Å². The first kappa shape index (κ1) is 10.8. The number of carbonyl (C=O) groups is 1. The molecule has 0 bridgehead atoms. The van der Waals surface area contributed by atoms with Gasteiger partial charge in [-0.05, 0) is 12.1 Å². The monoisotopic (exact) mass is 244 g/mol. The van der Waals surface area contributed by atoms with Gasteiger partial charge >= 0.3 is 0 Å². The zero-order valence-electron chi connectivity index (χ0n) is 9.83. The van der Waals surface area contributed by atoms with E-state index in [4.69, 9.17) is 4.74 Å². The van der Waals surface area contributed by atoms with Crippen LogP contribution in [0.5, 0.6) is 5.75 Å². The van der Waals surface area contributed by atoms with Crippen molar-refractivity contribution in [1.29, 1.82) is 0 Å². The van der Waals surface area contributed by atoms with E-state index in [-0.39, 0.29) is 5.78 Å². The highest BCUT2D eigenvalue weighted by Gasteiger charge is 2.28. The summed E-state index contributed by atoms with van der Waals surface area (Å²) in [4.78, 5) is 12.2. The summed E-state index contributed by atoms with van der Waals surface area (Å²) in [6.45, 7) is 0.445. The van der Waals surface area contributed by atoms with Crippen LogP contribution in [0.15, 0.2) is 30.5 Å². The van der Waals surface area contributed by atoms with Gasteiger partial charge in [-0.3, -0.25) is 4.79 Å². The molecule has 1 aromatic heterocycles. The summed E-state index contributed by atoms with van der Waals surface area (Å²) in [7, 11) is 1.68. The van der Waals surface area contributed by atoms with Gasteiger partial charge in [0.15, 0.2) is 6.10 Å². The quantitative estimate of drug-likeness (QED) is 0.794. The van der Waals surface area contributed by atoms with E-state index in [2.05, 4.69) is 15.6 Å². The van der Waals surface area contributed by atoms with Crippen molar-refractivity contribution >= 4 is 11.5 Å². The number of nitrogens with one attached hydrogen (secondary N) is 1. The number of Topliss-reactive ketones (excluding diaryl/α,β-unsaturated/α-hetero) is 1. The Kier molecular flexibility index (Phi) is 2.47. The molecule has 1 aromatic carbocycles. The fourth-order valence-electron chi connectivity index (χ4n) is 1.94. The summed E-state index contributed by atoms with van der Waals surface area (Å²) in [5.41, 5.74) is 1.35. The number of carbonyl (C=O) groups excluding carboxylic acids is 1. The number of hydrogen-bond donors (Lipinski definition) is 1. The Morgan fingerprint density at radius 1 is 1.50 bits per heavy atom. The van der Waals surface area contributed by atoms with E-state index in [0.29, 0.717) is 18.0 Å². The first-order valence-electron chi connectivity index (χ1n) is 5.64. The SMILES string of the molecule is Cn1nncc1C(=O)C1CNc2ccccc2O1. The summed E-state index contributed by atoms with van der Waals surface area (Å²) in [6.07, 6.45) is 0.906. The molecule has 2 aromatic rings. The summed E-state index contributed by atoms with van der Waals surface area (Å²) in [5.74, 6) is 0.571. The molecule has 1 atom stereocenters. The van der Waals surface area contributed by atoms with Gasteiger partial charge in [-0.25, -0.2) is 4.68 Å². The van der Waals surface area contributed by atoms with Gasteiger partial charge in [0.2, 0.25) is 5.78 Å². The molecule has 3 rings (SSSR count). The minimum absolute atomic E-state index is 0.121. The number of rotatable bonds is 2. The fraction of sp³-hybridized carbons (Fsp3) is 0.250. The first-order chi connectivity index (χ1) is 8.75. The van der Waals surface area contributed by atoms with Crippen molar-refractivity contribution in [2.45, 2.75) is 6.10 Å². The van der Waals surface area contributed by atoms with Crippen molar-refractivity contribution in [2.24, 2.45) is 7.05 Å². The van der Waals surface area contributed by atoms with Crippen molar-refractivity contribution in [1.82, 2.24) is 15.0 Å². The van der Waals surface area contributed by atoms with Crippen LogP contribution in [0.2, 0.25) is 0 Å². The summed E-state index contributed by atoms with van der Waals surface area (Å²) < 4.78 is 7.14. The fourth-order valence-corrected chi connectivity index (χ4v) is 1.94. The molecular formula is C12H12N4O2. The molecule has 18 heavy (non-hydrogen) atoms. The van der Waals surface area contributed by atoms with E-state index in [1.165, 1.54) is 10.9 Å². The second kappa shape index (κ2) is 4.14. The minimum atomic E-state index is -0.544. The third-order valence-corrected chi connectivity index (χ3v) is 2.89. The number of fused-ring (bicyclic) bond motifs is 1. The van der Waals surface area contributed by atoms with Gasteiger partial charge in [0.25, 0.3) is 0 Å². The molecule has 6 heteroatoms. The molecule has 1 aliphatic heterocycles. The molecule has 0 spiro atoms. The second-order valence-corrected chi connectivity index (χ2v) is 4.09. The normalized spacial score (nSPS) is 17.5. The van der Waals surface area contributed by atoms with Crippen LogP contribution in [0.1, 0.15) is 10.5 Å². The highest BCUT2D eigenvalue weighted by atomic mass is 16.5. The smallest absolute Gasteiger partial charge is 0.224 e. The van der Waals surface area contributed by atoms with Crippen LogP contribution in [0.3, 0.4) is 0 Å². The number of aromatic nitrogens is 3. The van der Waals surface area contributed by atoms with E-state index in [0.717, 1.165) is 5.69 Å². The summed E-state index contributed by atoms with van der Waals surface area (Å²) >= 11 is 0. The van der Waals surface area contributed by atoms with Crippen molar-refractivity contribution in [3.8, 4) is 5.75 Å². The average molecular weight is 244 g/mol. The number of ketones is 1. The molecule has 1 N–H and O–H groups in total. The van der Waals surface area contributed by atoms with Crippen molar-refractivity contribution in [2.75, 3.05) is 11.9 Å². The van der Waals surface area contributed by atoms with Crippen LogP contribution in [0.4, 0.5) is 5.69 Å². The predicted octanol–water partition coefficient (Wildman–Crippen LogP) is 0.871. The second-order valence-electron chi connectivity index (χ2n) is 4.09. The maximum Gasteiger partial charge on any atom is 0.224 e. The molecule has 0 saturated carbocycles. The van der Waals surface area contributed by atoms with E-state index < -0.39 is 6.10 Å². The first-order valence-corrected chi connectivity index (χ1v) is 5.64. The maximum absolute atomic E-state index is 12.2. The Morgan fingerprint density at radius 2 is 2.33 bits per heavy atom. The van der Waals surface area contributed by atoms with Crippen LogP contribution in [0, 0.1) is 0 Å². The Balaban J connectivity index is 1.84. The topological polar surface area (TPSA) is 69.0 Å². The van der Waals surface area contributed by atoms with Crippen LogP contribution >= 0.6 is 0 Å². The summed E-state index contributed by atoms with van der Waals surface area (Å²) in [5, 5.41) is 10.6. The van der Waals surface area contributed by atoms with Gasteiger partial charge in [-0.15, -0.1) is 5.10 Å². The van der Waals surface area contributed by atoms with Crippen molar-refractivity contribution in [3.63, 3.8) is 0 Å². The molecule has 0 saturated heterocycles. The standard InChI is InChI=1S/C12H12N4O2/c1-16-9(6-14-15-16)12(17)11-7-13-8-4-2-3-5-10(8)18-11/h2-6,11,13H,7H2,1H3.